The van der Waals surface area contributed by atoms with Crippen LogP contribution in [0.5, 0.6) is 5.75 Å². The lowest BCUT2D eigenvalue weighted by Gasteiger charge is -2.28. The predicted molar refractivity (Wildman–Crippen MR) is 117 cm³/mol. The van der Waals surface area contributed by atoms with Crippen LogP contribution in [0.1, 0.15) is 90.3 Å². The third-order valence-corrected chi connectivity index (χ3v) is 5.04. The number of hydrogen-bond acceptors (Lipinski definition) is 4. The maximum absolute atomic E-state index is 12.1. The molecular weight excluding hydrogens is 356 g/mol. The zero-order chi connectivity index (χ0) is 20.7. The number of thiol groups is 1. The molecule has 0 aliphatic carbocycles. The first-order valence-electron chi connectivity index (χ1n) is 10.1. The van der Waals surface area contributed by atoms with Gasteiger partial charge in [0, 0.05) is 6.42 Å². The van der Waals surface area contributed by atoms with Crippen molar-refractivity contribution in [2.75, 3.05) is 12.4 Å². The lowest BCUT2D eigenvalue weighted by atomic mass is 9.78. The molecule has 0 bridgehead atoms. The van der Waals surface area contributed by atoms with Gasteiger partial charge in [-0.15, -0.1) is 0 Å². The van der Waals surface area contributed by atoms with Gasteiger partial charge in [0.05, 0.1) is 6.61 Å². The van der Waals surface area contributed by atoms with Crippen LogP contribution in [0.25, 0.3) is 0 Å². The molecule has 1 aromatic carbocycles. The lowest BCUT2D eigenvalue weighted by molar-refractivity contribution is -0.143. The van der Waals surface area contributed by atoms with Crippen LogP contribution in [0.4, 0.5) is 0 Å². The first kappa shape index (κ1) is 23.9. The number of ether oxygens (including phenoxy) is 1. The standard InChI is InChI=1S/C23H38O3S/c1-22(2,3)18-15-17(16-19(21(18)25)23(4,5)6)11-12-20(24)26-13-9-7-8-10-14-27/h15-16,25,27H,7-14H2,1-6H3. The van der Waals surface area contributed by atoms with E-state index in [9.17, 15) is 9.90 Å². The Hall–Kier alpha value is -1.16. The third kappa shape index (κ3) is 8.16. The van der Waals surface area contributed by atoms with E-state index in [1.54, 1.807) is 0 Å². The van der Waals surface area contributed by atoms with Gasteiger partial charge in [0.15, 0.2) is 0 Å². The van der Waals surface area contributed by atoms with Gasteiger partial charge in [0.2, 0.25) is 0 Å². The second-order valence-corrected chi connectivity index (χ2v) is 9.85. The van der Waals surface area contributed by atoms with Gasteiger partial charge in [0.25, 0.3) is 0 Å². The van der Waals surface area contributed by atoms with Crippen molar-refractivity contribution in [2.24, 2.45) is 0 Å². The Morgan fingerprint density at radius 1 is 0.963 bits per heavy atom. The Labute approximate surface area is 171 Å². The van der Waals surface area contributed by atoms with Crippen LogP contribution in [0.3, 0.4) is 0 Å². The third-order valence-electron chi connectivity index (χ3n) is 4.72. The highest BCUT2D eigenvalue weighted by Crippen LogP contribution is 2.39. The van der Waals surface area contributed by atoms with Gasteiger partial charge in [0.1, 0.15) is 5.75 Å². The molecule has 27 heavy (non-hydrogen) atoms. The highest BCUT2D eigenvalue weighted by Gasteiger charge is 2.26. The zero-order valence-electron chi connectivity index (χ0n) is 18.0. The smallest absolute Gasteiger partial charge is 0.306 e. The van der Waals surface area contributed by atoms with Crippen molar-refractivity contribution in [3.63, 3.8) is 0 Å². The van der Waals surface area contributed by atoms with Crippen LogP contribution in [-0.2, 0) is 26.8 Å². The zero-order valence-corrected chi connectivity index (χ0v) is 18.9. The van der Waals surface area contributed by atoms with Crippen molar-refractivity contribution in [2.45, 2.75) is 90.9 Å². The van der Waals surface area contributed by atoms with Crippen molar-refractivity contribution in [1.29, 1.82) is 0 Å². The normalized spacial score (nSPS) is 12.3. The van der Waals surface area contributed by atoms with Crippen molar-refractivity contribution in [3.8, 4) is 5.75 Å². The number of esters is 1. The van der Waals surface area contributed by atoms with E-state index >= 15 is 0 Å². The number of phenolic OH excluding ortho intramolecular Hbond substituents is 1. The van der Waals surface area contributed by atoms with Crippen molar-refractivity contribution >= 4 is 18.6 Å². The minimum absolute atomic E-state index is 0.146. The van der Waals surface area contributed by atoms with Crippen LogP contribution >= 0.6 is 12.6 Å². The molecule has 1 N–H and O–H groups in total. The van der Waals surface area contributed by atoms with E-state index in [-0.39, 0.29) is 16.8 Å². The van der Waals surface area contributed by atoms with E-state index in [4.69, 9.17) is 4.74 Å². The van der Waals surface area contributed by atoms with Crippen LogP contribution < -0.4 is 0 Å². The van der Waals surface area contributed by atoms with E-state index in [1.807, 2.05) is 12.1 Å². The summed E-state index contributed by atoms with van der Waals surface area (Å²) in [6.07, 6.45) is 5.25. The maximum Gasteiger partial charge on any atom is 0.306 e. The Morgan fingerprint density at radius 3 is 1.96 bits per heavy atom. The van der Waals surface area contributed by atoms with Crippen molar-refractivity contribution in [1.82, 2.24) is 0 Å². The largest absolute Gasteiger partial charge is 0.507 e. The molecular formula is C23H38O3S. The van der Waals surface area contributed by atoms with Gasteiger partial charge in [-0.25, -0.2) is 0 Å². The molecule has 4 heteroatoms. The number of carbonyl (C=O) groups excluding carboxylic acids is 1. The van der Waals surface area contributed by atoms with Crippen molar-refractivity contribution < 1.29 is 14.6 Å². The number of benzene rings is 1. The molecule has 0 saturated carbocycles. The van der Waals surface area contributed by atoms with E-state index < -0.39 is 0 Å². The summed E-state index contributed by atoms with van der Waals surface area (Å²) in [6.45, 7) is 13.1. The number of carbonyl (C=O) groups is 1. The minimum atomic E-state index is -0.159. The van der Waals surface area contributed by atoms with Gasteiger partial charge in [-0.05, 0) is 52.5 Å². The average Bonchev–Trinajstić information content (AvgIpc) is 2.54. The van der Waals surface area contributed by atoms with E-state index in [0.29, 0.717) is 25.2 Å². The number of rotatable bonds is 9. The number of hydrogen-bond donors (Lipinski definition) is 2. The summed E-state index contributed by atoms with van der Waals surface area (Å²) < 4.78 is 5.36. The molecule has 0 heterocycles. The summed E-state index contributed by atoms with van der Waals surface area (Å²) in [7, 11) is 0. The van der Waals surface area contributed by atoms with E-state index in [2.05, 4.69) is 54.2 Å². The van der Waals surface area contributed by atoms with Gasteiger partial charge in [-0.1, -0.05) is 66.5 Å². The van der Waals surface area contributed by atoms with Gasteiger partial charge < -0.3 is 9.84 Å². The minimum Gasteiger partial charge on any atom is -0.507 e. The van der Waals surface area contributed by atoms with Crippen LogP contribution in [0.15, 0.2) is 12.1 Å². The summed E-state index contributed by atoms with van der Waals surface area (Å²) >= 11 is 4.20. The number of unbranched alkanes of at least 4 members (excludes halogenated alkanes) is 3. The fraction of sp³-hybridized carbons (Fsp3) is 0.696. The van der Waals surface area contributed by atoms with Gasteiger partial charge in [-0.3, -0.25) is 4.79 Å². The molecule has 0 fully saturated rings. The molecule has 3 nitrogen and oxygen atoms in total. The molecule has 0 saturated heterocycles. The number of aromatic hydroxyl groups is 1. The maximum atomic E-state index is 12.1. The summed E-state index contributed by atoms with van der Waals surface area (Å²) in [5.74, 6) is 1.15. The fourth-order valence-corrected chi connectivity index (χ4v) is 3.28. The summed E-state index contributed by atoms with van der Waals surface area (Å²) in [5.41, 5.74) is 2.62. The molecule has 0 atom stereocenters. The Bertz CT molecular complexity index is 574. The molecule has 0 unspecified atom stereocenters. The Morgan fingerprint density at radius 2 is 1.48 bits per heavy atom. The molecule has 1 aromatic rings. The Balaban J connectivity index is 2.73. The highest BCUT2D eigenvalue weighted by atomic mass is 32.1. The first-order chi connectivity index (χ1) is 12.5. The van der Waals surface area contributed by atoms with Crippen LogP contribution in [0.2, 0.25) is 0 Å². The summed E-state index contributed by atoms with van der Waals surface area (Å²) in [5, 5.41) is 10.8. The van der Waals surface area contributed by atoms with Crippen molar-refractivity contribution in [3.05, 3.63) is 28.8 Å². The molecule has 0 aromatic heterocycles. The molecule has 0 spiro atoms. The number of phenols is 1. The molecule has 154 valence electrons. The molecule has 1 rings (SSSR count). The van der Waals surface area contributed by atoms with Crippen LogP contribution in [0, 0.1) is 0 Å². The monoisotopic (exact) mass is 394 g/mol. The van der Waals surface area contributed by atoms with Crippen LogP contribution in [-0.4, -0.2) is 23.4 Å². The van der Waals surface area contributed by atoms with E-state index in [0.717, 1.165) is 48.1 Å². The fourth-order valence-electron chi connectivity index (χ4n) is 3.05. The SMILES string of the molecule is CC(C)(C)c1cc(CCC(=O)OCCCCCCS)cc(C(C)(C)C)c1O. The Kier molecular flexibility index (Phi) is 9.20. The second kappa shape index (κ2) is 10.4. The summed E-state index contributed by atoms with van der Waals surface area (Å²) in [4.78, 5) is 12.1. The topological polar surface area (TPSA) is 46.5 Å². The second-order valence-electron chi connectivity index (χ2n) is 9.40. The number of aryl methyl sites for hydroxylation is 1. The molecule has 0 radical (unpaired) electrons. The van der Waals surface area contributed by atoms with Gasteiger partial charge in [-0.2, -0.15) is 12.6 Å². The summed E-state index contributed by atoms with van der Waals surface area (Å²) in [6, 6.07) is 4.07. The van der Waals surface area contributed by atoms with E-state index in [1.165, 1.54) is 0 Å². The highest BCUT2D eigenvalue weighted by molar-refractivity contribution is 7.80. The molecule has 0 amide bonds. The molecule has 0 aliphatic rings. The average molecular weight is 395 g/mol. The molecule has 0 aliphatic heterocycles. The lowest BCUT2D eigenvalue weighted by Crippen LogP contribution is -2.18. The first-order valence-corrected chi connectivity index (χ1v) is 10.7. The van der Waals surface area contributed by atoms with Gasteiger partial charge >= 0.3 is 5.97 Å². The quantitative estimate of drug-likeness (QED) is 0.309. The predicted octanol–water partition coefficient (Wildman–Crippen LogP) is 5.95.